The van der Waals surface area contributed by atoms with E-state index in [0.717, 1.165) is 44.9 Å². The molecule has 0 bridgehead atoms. The van der Waals surface area contributed by atoms with Gasteiger partial charge < -0.3 is 19.6 Å². The molecule has 36 heavy (non-hydrogen) atoms. The van der Waals surface area contributed by atoms with E-state index >= 15 is 0 Å². The Morgan fingerprint density at radius 3 is 2.58 bits per heavy atom. The first-order chi connectivity index (χ1) is 17.4. The van der Waals surface area contributed by atoms with Crippen LogP contribution in [0.1, 0.15) is 65.2 Å². The highest BCUT2D eigenvalue weighted by atomic mass is 32.2. The van der Waals surface area contributed by atoms with Gasteiger partial charge in [0.2, 0.25) is 11.8 Å². The van der Waals surface area contributed by atoms with Crippen molar-refractivity contribution in [3.05, 3.63) is 24.3 Å². The van der Waals surface area contributed by atoms with Crippen LogP contribution < -0.4 is 0 Å². The van der Waals surface area contributed by atoms with Crippen molar-refractivity contribution in [1.82, 2.24) is 9.80 Å². The van der Waals surface area contributed by atoms with Crippen molar-refractivity contribution in [3.63, 3.8) is 0 Å². The maximum Gasteiger partial charge on any atom is 0.311 e. The number of hydrogen-bond acceptors (Lipinski definition) is 6. The predicted molar refractivity (Wildman–Crippen MR) is 139 cm³/mol. The van der Waals surface area contributed by atoms with Crippen LogP contribution in [0, 0.1) is 17.8 Å². The normalized spacial score (nSPS) is 37.3. The molecule has 0 aromatic rings. The number of fused-ring (bicyclic) bond motifs is 2. The quantitative estimate of drug-likeness (QED) is 0.456. The molecule has 198 valence electrons. The molecule has 3 fully saturated rings. The Morgan fingerprint density at radius 1 is 1.08 bits per heavy atom. The molecular weight excluding hydrogens is 476 g/mol. The Balaban J connectivity index is 1.61. The summed E-state index contributed by atoms with van der Waals surface area (Å²) in [4.78, 5) is 45.8. The van der Waals surface area contributed by atoms with Crippen molar-refractivity contribution in [3.8, 4) is 0 Å². The predicted octanol–water partition coefficient (Wildman–Crippen LogP) is 3.32. The summed E-state index contributed by atoms with van der Waals surface area (Å²) in [7, 11) is 0. The van der Waals surface area contributed by atoms with Crippen molar-refractivity contribution in [2.24, 2.45) is 17.8 Å². The number of cyclic esters (lactones) is 1. The number of rotatable bonds is 4. The van der Waals surface area contributed by atoms with Crippen LogP contribution in [-0.4, -0.2) is 80.6 Å². The summed E-state index contributed by atoms with van der Waals surface area (Å²) in [5, 5.41) is 10.2. The topological polar surface area (TPSA) is 87.2 Å². The van der Waals surface area contributed by atoms with E-state index in [0.29, 0.717) is 13.2 Å². The van der Waals surface area contributed by atoms with Gasteiger partial charge in [0.15, 0.2) is 0 Å². The van der Waals surface area contributed by atoms with E-state index in [-0.39, 0.29) is 41.6 Å². The summed E-state index contributed by atoms with van der Waals surface area (Å²) in [6.45, 7) is 4.62. The minimum absolute atomic E-state index is 0.0320. The highest BCUT2D eigenvalue weighted by molar-refractivity contribution is 8.02. The van der Waals surface area contributed by atoms with Crippen molar-refractivity contribution < 1.29 is 24.2 Å². The van der Waals surface area contributed by atoms with Crippen LogP contribution >= 0.6 is 11.8 Å². The van der Waals surface area contributed by atoms with Crippen LogP contribution in [0.15, 0.2) is 24.3 Å². The highest BCUT2D eigenvalue weighted by Crippen LogP contribution is 2.61. The highest BCUT2D eigenvalue weighted by Gasteiger charge is 2.72. The number of hydrogen-bond donors (Lipinski definition) is 1. The van der Waals surface area contributed by atoms with Gasteiger partial charge in [0.1, 0.15) is 6.04 Å². The minimum Gasteiger partial charge on any atom is -0.465 e. The van der Waals surface area contributed by atoms with Gasteiger partial charge in [0.25, 0.3) is 0 Å². The fourth-order valence-electron chi connectivity index (χ4n) is 7.07. The maximum atomic E-state index is 14.5. The molecule has 1 aliphatic carbocycles. The van der Waals surface area contributed by atoms with Gasteiger partial charge in [-0.25, -0.2) is 0 Å². The first kappa shape index (κ1) is 25.8. The molecule has 1 N–H and O–H groups in total. The van der Waals surface area contributed by atoms with Gasteiger partial charge in [-0.05, 0) is 38.0 Å². The lowest BCUT2D eigenvalue weighted by Gasteiger charge is -2.42. The first-order valence-corrected chi connectivity index (χ1v) is 14.7. The summed E-state index contributed by atoms with van der Waals surface area (Å²) in [6, 6.07) is -1.05. The Labute approximate surface area is 218 Å². The first-order valence-electron chi connectivity index (χ1n) is 13.8. The monoisotopic (exact) mass is 516 g/mol. The van der Waals surface area contributed by atoms with Crippen LogP contribution in [0.25, 0.3) is 0 Å². The van der Waals surface area contributed by atoms with Crippen molar-refractivity contribution >= 4 is 29.5 Å². The average Bonchev–Trinajstić information content (AvgIpc) is 3.25. The summed E-state index contributed by atoms with van der Waals surface area (Å²) >= 11 is 1.59. The van der Waals surface area contributed by atoms with Crippen LogP contribution in [0.5, 0.6) is 0 Å². The molecule has 1 spiro atoms. The zero-order valence-corrected chi connectivity index (χ0v) is 22.3. The summed E-state index contributed by atoms with van der Waals surface area (Å²) in [6.07, 6.45) is 16.4. The van der Waals surface area contributed by atoms with E-state index in [1.807, 2.05) is 18.7 Å². The van der Waals surface area contributed by atoms with E-state index in [4.69, 9.17) is 4.74 Å². The van der Waals surface area contributed by atoms with Crippen LogP contribution in [0.2, 0.25) is 0 Å². The number of allylic oxidation sites excluding steroid dienone is 1. The minimum atomic E-state index is -0.855. The molecule has 6 atom stereocenters. The zero-order chi connectivity index (χ0) is 25.4. The standard InChI is InChI=1S/C28H40N2O5S/c1-18(2)20(17-31)30-24-26(33)29(19-11-6-5-7-12-19)15-10-14-28(24)23(25(30)32)22-21(36-28)13-8-3-4-9-16-35-27(22)34/h8,10,13-14,18-24,31H,3-7,9,11-12,15-17H2,1-2H3/b13-8-/t20-,21+,22-,23-,24?,28-/m0/s1. The lowest BCUT2D eigenvalue weighted by molar-refractivity contribution is -0.154. The van der Waals surface area contributed by atoms with Gasteiger partial charge in [-0.15, -0.1) is 11.8 Å². The van der Waals surface area contributed by atoms with Gasteiger partial charge >= 0.3 is 5.97 Å². The number of aliphatic hydroxyl groups is 1. The fourth-order valence-corrected chi connectivity index (χ4v) is 9.06. The second kappa shape index (κ2) is 10.5. The van der Waals surface area contributed by atoms with E-state index < -0.39 is 28.7 Å². The van der Waals surface area contributed by atoms with Gasteiger partial charge in [-0.2, -0.15) is 0 Å². The molecule has 0 radical (unpaired) electrons. The summed E-state index contributed by atoms with van der Waals surface area (Å²) < 4.78 is 4.83. The third-order valence-corrected chi connectivity index (χ3v) is 10.6. The van der Waals surface area contributed by atoms with E-state index in [2.05, 4.69) is 24.3 Å². The third-order valence-electron chi connectivity index (χ3n) is 8.90. The van der Waals surface area contributed by atoms with Gasteiger partial charge in [0, 0.05) is 17.8 Å². The molecule has 7 nitrogen and oxygen atoms in total. The van der Waals surface area contributed by atoms with Crippen molar-refractivity contribution in [2.45, 2.75) is 93.3 Å². The lowest BCUT2D eigenvalue weighted by atomic mass is 9.78. The third kappa shape index (κ3) is 4.22. The molecule has 0 aromatic carbocycles. The van der Waals surface area contributed by atoms with Crippen LogP contribution in [0.3, 0.4) is 0 Å². The second-order valence-corrected chi connectivity index (χ2v) is 12.8. The zero-order valence-electron chi connectivity index (χ0n) is 21.5. The Kier molecular flexibility index (Phi) is 7.55. The Bertz CT molecular complexity index is 929. The van der Waals surface area contributed by atoms with Gasteiger partial charge in [-0.1, -0.05) is 57.4 Å². The molecule has 4 heterocycles. The van der Waals surface area contributed by atoms with Crippen LogP contribution in [0.4, 0.5) is 0 Å². The number of thioether (sulfide) groups is 1. The molecule has 1 saturated carbocycles. The van der Waals surface area contributed by atoms with E-state index in [1.54, 1.807) is 16.7 Å². The molecule has 5 aliphatic rings. The number of ether oxygens (including phenoxy) is 1. The number of nitrogens with zero attached hydrogens (tertiary/aromatic N) is 2. The molecule has 4 aliphatic heterocycles. The van der Waals surface area contributed by atoms with Gasteiger partial charge in [-0.3, -0.25) is 14.4 Å². The summed E-state index contributed by atoms with van der Waals surface area (Å²) in [5.74, 6) is -1.93. The Morgan fingerprint density at radius 2 is 1.86 bits per heavy atom. The van der Waals surface area contributed by atoms with Crippen molar-refractivity contribution in [2.75, 3.05) is 19.8 Å². The Hall–Kier alpha value is -1.80. The molecule has 1 unspecified atom stereocenters. The lowest BCUT2D eigenvalue weighted by Crippen LogP contribution is -2.59. The number of carbonyl (C=O) groups excluding carboxylic acids is 3. The molecule has 5 rings (SSSR count). The number of amides is 2. The summed E-state index contributed by atoms with van der Waals surface area (Å²) in [5.41, 5.74) is 0. The maximum absolute atomic E-state index is 14.5. The van der Waals surface area contributed by atoms with Gasteiger partial charge in [0.05, 0.1) is 35.8 Å². The number of aliphatic hydroxyl groups excluding tert-OH is 1. The fraction of sp³-hybridized carbons (Fsp3) is 0.750. The van der Waals surface area contributed by atoms with Crippen LogP contribution in [-0.2, 0) is 19.1 Å². The number of carbonyl (C=O) groups is 3. The number of likely N-dealkylation sites (tertiary alicyclic amines) is 1. The number of esters is 1. The smallest absolute Gasteiger partial charge is 0.311 e. The molecule has 2 saturated heterocycles. The second-order valence-electron chi connectivity index (χ2n) is 11.4. The molecule has 0 aromatic heterocycles. The van der Waals surface area contributed by atoms with E-state index in [1.165, 1.54) is 6.42 Å². The largest absolute Gasteiger partial charge is 0.465 e. The molecular formula is C28H40N2O5S. The molecule has 2 amide bonds. The molecule has 8 heteroatoms. The van der Waals surface area contributed by atoms with E-state index in [9.17, 15) is 19.5 Å². The average molecular weight is 517 g/mol. The SMILES string of the molecule is CC(C)[C@H](CO)N1C(=O)[C@@H]2[C@H]3C(=O)OCCCC/C=C\[C@H]3S[C@@]23C=CCN(C2CCCCC2)C(=O)C13. The van der Waals surface area contributed by atoms with Crippen molar-refractivity contribution in [1.29, 1.82) is 0 Å².